The lowest BCUT2D eigenvalue weighted by Gasteiger charge is -2.31. The molecule has 6 heteroatoms. The lowest BCUT2D eigenvalue weighted by Crippen LogP contribution is -2.47. The lowest BCUT2D eigenvalue weighted by atomic mass is 10.1. The Hall–Kier alpha value is -2.86. The molecule has 3 aromatic carbocycles. The average molecular weight is 411 g/mol. The summed E-state index contributed by atoms with van der Waals surface area (Å²) in [6.45, 7) is 5.57. The SMILES string of the molecule is CCC(C(=O)Nc1cccc2ccccc12)N(c1cc(C)ccc1C)S(C)(=O)=O. The van der Waals surface area contributed by atoms with Gasteiger partial charge in [-0.2, -0.15) is 0 Å². The van der Waals surface area contributed by atoms with E-state index in [-0.39, 0.29) is 5.91 Å². The average Bonchev–Trinajstić information content (AvgIpc) is 2.67. The molecule has 0 fully saturated rings. The van der Waals surface area contributed by atoms with Gasteiger partial charge in [0.15, 0.2) is 0 Å². The number of hydrogen-bond acceptors (Lipinski definition) is 3. The van der Waals surface area contributed by atoms with Crippen LogP contribution in [0.3, 0.4) is 0 Å². The van der Waals surface area contributed by atoms with E-state index in [1.54, 1.807) is 0 Å². The number of rotatable bonds is 6. The molecule has 0 radical (unpaired) electrons. The standard InChI is InChI=1S/C23H26N2O3S/c1-5-21(25(29(4,27)28)22-15-16(2)13-14-17(22)3)23(26)24-20-12-8-10-18-9-6-7-11-19(18)20/h6-15,21H,5H2,1-4H3,(H,24,26). The first kappa shape index (κ1) is 20.9. The molecule has 152 valence electrons. The van der Waals surface area contributed by atoms with Crippen LogP contribution in [0.2, 0.25) is 0 Å². The van der Waals surface area contributed by atoms with Crippen molar-refractivity contribution in [2.24, 2.45) is 0 Å². The number of carbonyl (C=O) groups excluding carboxylic acids is 1. The summed E-state index contributed by atoms with van der Waals surface area (Å²) in [6.07, 6.45) is 1.49. The van der Waals surface area contributed by atoms with E-state index in [4.69, 9.17) is 0 Å². The summed E-state index contributed by atoms with van der Waals surface area (Å²) in [4.78, 5) is 13.2. The van der Waals surface area contributed by atoms with E-state index in [0.29, 0.717) is 17.8 Å². The third kappa shape index (κ3) is 4.43. The van der Waals surface area contributed by atoms with Gasteiger partial charge in [0.2, 0.25) is 15.9 Å². The summed E-state index contributed by atoms with van der Waals surface area (Å²) in [5.41, 5.74) is 2.94. The van der Waals surface area contributed by atoms with Crippen molar-refractivity contribution in [2.45, 2.75) is 33.2 Å². The van der Waals surface area contributed by atoms with Crippen molar-refractivity contribution in [1.29, 1.82) is 0 Å². The van der Waals surface area contributed by atoms with E-state index in [2.05, 4.69) is 5.32 Å². The van der Waals surface area contributed by atoms with Crippen LogP contribution in [0, 0.1) is 13.8 Å². The van der Waals surface area contributed by atoms with E-state index in [1.807, 2.05) is 81.4 Å². The van der Waals surface area contributed by atoms with Gasteiger partial charge < -0.3 is 5.32 Å². The van der Waals surface area contributed by atoms with E-state index in [9.17, 15) is 13.2 Å². The molecule has 0 aliphatic carbocycles. The van der Waals surface area contributed by atoms with Gasteiger partial charge in [0.05, 0.1) is 11.9 Å². The number of aryl methyl sites for hydroxylation is 2. The van der Waals surface area contributed by atoms with Crippen LogP contribution in [-0.4, -0.2) is 26.6 Å². The summed E-state index contributed by atoms with van der Waals surface area (Å²) in [6, 6.07) is 18.2. The van der Waals surface area contributed by atoms with E-state index >= 15 is 0 Å². The van der Waals surface area contributed by atoms with Crippen LogP contribution >= 0.6 is 0 Å². The fraction of sp³-hybridized carbons (Fsp3) is 0.261. The molecule has 3 aromatic rings. The Morgan fingerprint density at radius 2 is 1.72 bits per heavy atom. The Balaban J connectivity index is 2.03. The number of sulfonamides is 1. The van der Waals surface area contributed by atoms with Gasteiger partial charge in [0.1, 0.15) is 6.04 Å². The van der Waals surface area contributed by atoms with Crippen molar-refractivity contribution in [3.05, 3.63) is 71.8 Å². The Bertz CT molecular complexity index is 1150. The Labute approximate surface area is 172 Å². The smallest absolute Gasteiger partial charge is 0.248 e. The van der Waals surface area contributed by atoms with E-state index in [0.717, 1.165) is 28.2 Å². The first-order chi connectivity index (χ1) is 13.7. The number of nitrogens with zero attached hydrogens (tertiary/aromatic N) is 1. The molecule has 0 aliphatic rings. The molecule has 0 saturated heterocycles. The summed E-state index contributed by atoms with van der Waals surface area (Å²) < 4.78 is 26.7. The highest BCUT2D eigenvalue weighted by molar-refractivity contribution is 7.92. The molecule has 0 spiro atoms. The quantitative estimate of drug-likeness (QED) is 0.644. The summed E-state index contributed by atoms with van der Waals surface area (Å²) in [5, 5.41) is 4.87. The summed E-state index contributed by atoms with van der Waals surface area (Å²) in [5.74, 6) is -0.352. The molecule has 3 rings (SSSR count). The fourth-order valence-electron chi connectivity index (χ4n) is 3.54. The zero-order valence-electron chi connectivity index (χ0n) is 17.1. The van der Waals surface area contributed by atoms with E-state index in [1.165, 1.54) is 4.31 Å². The number of anilines is 2. The predicted molar refractivity (Wildman–Crippen MR) is 120 cm³/mol. The fourth-order valence-corrected chi connectivity index (χ4v) is 4.80. The second-order valence-electron chi connectivity index (χ2n) is 7.29. The molecule has 1 N–H and O–H groups in total. The number of benzene rings is 3. The number of fused-ring (bicyclic) bond motifs is 1. The normalized spacial score (nSPS) is 12.6. The zero-order chi connectivity index (χ0) is 21.2. The predicted octanol–water partition coefficient (Wildman–Crippen LogP) is 4.64. The largest absolute Gasteiger partial charge is 0.324 e. The first-order valence-corrected chi connectivity index (χ1v) is 11.4. The minimum absolute atomic E-state index is 0.344. The first-order valence-electron chi connectivity index (χ1n) is 9.57. The topological polar surface area (TPSA) is 66.5 Å². The molecule has 0 saturated carbocycles. The van der Waals surface area contributed by atoms with Crippen LogP contribution in [0.15, 0.2) is 60.7 Å². The molecular weight excluding hydrogens is 384 g/mol. The third-order valence-electron chi connectivity index (χ3n) is 4.98. The summed E-state index contributed by atoms with van der Waals surface area (Å²) in [7, 11) is -3.68. The molecular formula is C23H26N2O3S. The van der Waals surface area contributed by atoms with Crippen LogP contribution < -0.4 is 9.62 Å². The highest BCUT2D eigenvalue weighted by Gasteiger charge is 2.32. The Morgan fingerprint density at radius 1 is 1.03 bits per heavy atom. The molecule has 0 heterocycles. The van der Waals surface area contributed by atoms with Crippen molar-refractivity contribution in [3.63, 3.8) is 0 Å². The number of amides is 1. The van der Waals surface area contributed by atoms with Crippen molar-refractivity contribution in [1.82, 2.24) is 0 Å². The van der Waals surface area contributed by atoms with Crippen molar-refractivity contribution < 1.29 is 13.2 Å². The van der Waals surface area contributed by atoms with Gasteiger partial charge in [-0.25, -0.2) is 8.42 Å². The molecule has 5 nitrogen and oxygen atoms in total. The molecule has 1 atom stereocenters. The zero-order valence-corrected chi connectivity index (χ0v) is 18.0. The van der Waals surface area contributed by atoms with Crippen LogP contribution in [-0.2, 0) is 14.8 Å². The minimum atomic E-state index is -3.68. The molecule has 0 aromatic heterocycles. The van der Waals surface area contributed by atoms with E-state index < -0.39 is 16.1 Å². The summed E-state index contributed by atoms with van der Waals surface area (Å²) >= 11 is 0. The highest BCUT2D eigenvalue weighted by Crippen LogP contribution is 2.29. The van der Waals surface area contributed by atoms with Gasteiger partial charge in [-0.3, -0.25) is 9.10 Å². The van der Waals surface area contributed by atoms with Crippen LogP contribution in [0.5, 0.6) is 0 Å². The molecule has 0 bridgehead atoms. The van der Waals surface area contributed by atoms with Crippen LogP contribution in [0.4, 0.5) is 11.4 Å². The monoisotopic (exact) mass is 410 g/mol. The van der Waals surface area contributed by atoms with Crippen LogP contribution in [0.1, 0.15) is 24.5 Å². The second kappa shape index (κ2) is 8.25. The molecule has 1 amide bonds. The van der Waals surface area contributed by atoms with Crippen LogP contribution in [0.25, 0.3) is 10.8 Å². The van der Waals surface area contributed by atoms with Crippen molar-refractivity contribution in [3.8, 4) is 0 Å². The van der Waals surface area contributed by atoms with Gasteiger partial charge in [0.25, 0.3) is 0 Å². The highest BCUT2D eigenvalue weighted by atomic mass is 32.2. The maximum absolute atomic E-state index is 13.2. The third-order valence-corrected chi connectivity index (χ3v) is 6.15. The lowest BCUT2D eigenvalue weighted by molar-refractivity contribution is -0.117. The van der Waals surface area contributed by atoms with Gasteiger partial charge >= 0.3 is 0 Å². The maximum Gasteiger partial charge on any atom is 0.248 e. The Kier molecular flexibility index (Phi) is 5.94. The van der Waals surface area contributed by atoms with Gasteiger partial charge in [-0.15, -0.1) is 0 Å². The van der Waals surface area contributed by atoms with Gasteiger partial charge in [-0.05, 0) is 48.9 Å². The molecule has 1 unspecified atom stereocenters. The Morgan fingerprint density at radius 3 is 2.41 bits per heavy atom. The number of nitrogens with one attached hydrogen (secondary N) is 1. The minimum Gasteiger partial charge on any atom is -0.324 e. The maximum atomic E-state index is 13.2. The van der Waals surface area contributed by atoms with Crippen molar-refractivity contribution in [2.75, 3.05) is 15.9 Å². The van der Waals surface area contributed by atoms with Gasteiger partial charge in [0, 0.05) is 11.1 Å². The number of carbonyl (C=O) groups is 1. The van der Waals surface area contributed by atoms with Gasteiger partial charge in [-0.1, -0.05) is 55.5 Å². The second-order valence-corrected chi connectivity index (χ2v) is 9.15. The van der Waals surface area contributed by atoms with Crippen molar-refractivity contribution >= 4 is 38.1 Å². The molecule has 0 aliphatic heterocycles. The molecule has 29 heavy (non-hydrogen) atoms. The number of hydrogen-bond donors (Lipinski definition) is 1.